The van der Waals surface area contributed by atoms with E-state index >= 15 is 0 Å². The molecule has 5 aromatic rings. The zero-order valence-corrected chi connectivity index (χ0v) is 21.2. The number of halogens is 1. The third-order valence-corrected chi connectivity index (χ3v) is 6.11. The van der Waals surface area contributed by atoms with E-state index in [0.717, 1.165) is 14.5 Å². The van der Waals surface area contributed by atoms with Gasteiger partial charge < -0.3 is 14.3 Å². The number of ether oxygens (including phenoxy) is 1. The summed E-state index contributed by atoms with van der Waals surface area (Å²) in [5.41, 5.74) is 0.310. The van der Waals surface area contributed by atoms with E-state index in [1.807, 2.05) is 12.1 Å². The Labute approximate surface area is 221 Å². The molecule has 0 aliphatic carbocycles. The average Bonchev–Trinajstić information content (AvgIpc) is 3.31. The van der Waals surface area contributed by atoms with Crippen LogP contribution in [-0.2, 0) is 4.79 Å². The molecular weight excluding hydrogens is 560 g/mol. The quantitative estimate of drug-likeness (QED) is 0.157. The van der Waals surface area contributed by atoms with Crippen LogP contribution in [-0.4, -0.2) is 38.0 Å². The van der Waals surface area contributed by atoms with E-state index in [-0.39, 0.29) is 28.6 Å². The molecule has 0 fully saturated rings. The molecule has 0 unspecified atom stereocenters. The second-order valence-corrected chi connectivity index (χ2v) is 9.10. The van der Waals surface area contributed by atoms with Gasteiger partial charge in [0.1, 0.15) is 11.3 Å². The summed E-state index contributed by atoms with van der Waals surface area (Å²) >= 11 is 3.42. The number of hydrogen-bond acceptors (Lipinski definition) is 8. The minimum Gasteiger partial charge on any atom is -0.479 e. The predicted octanol–water partition coefficient (Wildman–Crippen LogP) is 5.21. The fourth-order valence-corrected chi connectivity index (χ4v) is 4.11. The Morgan fingerprint density at radius 2 is 2.00 bits per heavy atom. The third-order valence-electron chi connectivity index (χ3n) is 5.62. The normalized spacial score (nSPS) is 12.3. The molecule has 190 valence electrons. The third kappa shape index (κ3) is 4.76. The number of nitro benzene ring substituents is 1. The molecule has 5 rings (SSSR count). The lowest BCUT2D eigenvalue weighted by Crippen LogP contribution is -2.23. The zero-order chi connectivity index (χ0) is 27.0. The van der Waals surface area contributed by atoms with E-state index in [9.17, 15) is 24.8 Å². The molecule has 2 heterocycles. The fourth-order valence-electron chi connectivity index (χ4n) is 3.73. The molecule has 0 spiro atoms. The summed E-state index contributed by atoms with van der Waals surface area (Å²) in [7, 11) is 0. The minimum atomic E-state index is -1.24. The van der Waals surface area contributed by atoms with Crippen molar-refractivity contribution in [2.75, 3.05) is 0 Å². The van der Waals surface area contributed by atoms with Gasteiger partial charge in [-0.05, 0) is 49.4 Å². The zero-order valence-electron chi connectivity index (χ0n) is 19.6. The molecule has 38 heavy (non-hydrogen) atoms. The van der Waals surface area contributed by atoms with Crippen LogP contribution in [0.2, 0.25) is 0 Å². The van der Waals surface area contributed by atoms with Gasteiger partial charge in [-0.3, -0.25) is 14.9 Å². The highest BCUT2D eigenvalue weighted by molar-refractivity contribution is 9.10. The number of benzene rings is 3. The maximum atomic E-state index is 13.5. The number of furan rings is 1. The Morgan fingerprint density at radius 1 is 1.21 bits per heavy atom. The molecule has 12 heteroatoms. The van der Waals surface area contributed by atoms with Gasteiger partial charge in [0, 0.05) is 27.6 Å². The number of nitrogens with zero attached hydrogens (tertiary/aromatic N) is 4. The monoisotopic (exact) mass is 576 g/mol. The standard InChI is InChI=1S/C26H17BrN4O7/c1-14(26(33)34)37-22-9-7-18(31(35)36)11-16(22)13-28-30-24(29-20-5-3-2-4-19(20)25(30)32)23-12-15-10-17(27)6-8-21(15)38-23/h2-14H,1H3,(H,33,34)/t14-/m0/s1. The van der Waals surface area contributed by atoms with Gasteiger partial charge in [-0.2, -0.15) is 9.78 Å². The Morgan fingerprint density at radius 3 is 2.76 bits per heavy atom. The van der Waals surface area contributed by atoms with E-state index in [1.165, 1.54) is 31.3 Å². The van der Waals surface area contributed by atoms with Crippen LogP contribution in [0.4, 0.5) is 5.69 Å². The summed E-state index contributed by atoms with van der Waals surface area (Å²) < 4.78 is 13.3. The first-order valence-corrected chi connectivity index (χ1v) is 11.9. The molecule has 11 nitrogen and oxygen atoms in total. The van der Waals surface area contributed by atoms with Gasteiger partial charge in [0.25, 0.3) is 11.2 Å². The van der Waals surface area contributed by atoms with Crippen LogP contribution < -0.4 is 10.3 Å². The van der Waals surface area contributed by atoms with Gasteiger partial charge in [-0.15, -0.1) is 0 Å². The summed E-state index contributed by atoms with van der Waals surface area (Å²) in [4.78, 5) is 40.1. The molecule has 3 aromatic carbocycles. The Hall–Kier alpha value is -4.84. The van der Waals surface area contributed by atoms with Crippen molar-refractivity contribution in [2.45, 2.75) is 13.0 Å². The van der Waals surface area contributed by atoms with Crippen LogP contribution in [0.3, 0.4) is 0 Å². The Balaban J connectivity index is 1.70. The molecule has 1 atom stereocenters. The number of nitro groups is 1. The highest BCUT2D eigenvalue weighted by Crippen LogP contribution is 2.29. The number of non-ortho nitro benzene ring substituents is 1. The van der Waals surface area contributed by atoms with Crippen molar-refractivity contribution < 1.29 is 24.0 Å². The van der Waals surface area contributed by atoms with Crippen molar-refractivity contribution in [1.29, 1.82) is 0 Å². The minimum absolute atomic E-state index is 0.0335. The molecule has 0 aliphatic heterocycles. The molecule has 2 aromatic heterocycles. The topological polar surface area (TPSA) is 150 Å². The molecule has 0 aliphatic rings. The summed E-state index contributed by atoms with van der Waals surface area (Å²) in [5, 5.41) is 26.0. The molecule has 0 radical (unpaired) electrons. The highest BCUT2D eigenvalue weighted by Gasteiger charge is 2.19. The van der Waals surface area contributed by atoms with Crippen LogP contribution >= 0.6 is 15.9 Å². The summed E-state index contributed by atoms with van der Waals surface area (Å²) in [5.74, 6) is -0.816. The summed E-state index contributed by atoms with van der Waals surface area (Å²) in [6.45, 7) is 1.32. The van der Waals surface area contributed by atoms with E-state index in [0.29, 0.717) is 16.5 Å². The smallest absolute Gasteiger partial charge is 0.344 e. The van der Waals surface area contributed by atoms with E-state index in [1.54, 1.807) is 36.4 Å². The predicted molar refractivity (Wildman–Crippen MR) is 143 cm³/mol. The van der Waals surface area contributed by atoms with E-state index in [4.69, 9.17) is 9.15 Å². The van der Waals surface area contributed by atoms with E-state index < -0.39 is 22.6 Å². The van der Waals surface area contributed by atoms with Crippen molar-refractivity contribution in [1.82, 2.24) is 9.66 Å². The maximum absolute atomic E-state index is 13.5. The maximum Gasteiger partial charge on any atom is 0.344 e. The number of carboxylic acids is 1. The first-order chi connectivity index (χ1) is 18.2. The first-order valence-electron chi connectivity index (χ1n) is 11.1. The first kappa shape index (κ1) is 24.8. The number of fused-ring (bicyclic) bond motifs is 2. The molecule has 0 saturated heterocycles. The number of aliphatic carboxylic acids is 1. The molecular formula is C26H17BrN4O7. The van der Waals surface area contributed by atoms with Crippen molar-refractivity contribution in [3.05, 3.63) is 97.2 Å². The van der Waals surface area contributed by atoms with Crippen molar-refractivity contribution in [3.8, 4) is 17.3 Å². The van der Waals surface area contributed by atoms with Crippen LogP contribution in [0.1, 0.15) is 12.5 Å². The average molecular weight is 577 g/mol. The highest BCUT2D eigenvalue weighted by atomic mass is 79.9. The molecule has 1 N–H and O–H groups in total. The number of aromatic nitrogens is 2. The van der Waals surface area contributed by atoms with E-state index in [2.05, 4.69) is 26.0 Å². The van der Waals surface area contributed by atoms with Crippen LogP contribution in [0, 0.1) is 10.1 Å². The van der Waals surface area contributed by atoms with Crippen molar-refractivity contribution >= 4 is 55.7 Å². The second-order valence-electron chi connectivity index (χ2n) is 8.18. The number of rotatable bonds is 7. The SMILES string of the molecule is C[C@H](Oc1ccc([N+](=O)[O-])cc1C=Nn1c(-c2cc3cc(Br)ccc3o2)nc2ccccc2c1=O)C(=O)O. The number of para-hydroxylation sites is 1. The molecule has 0 bridgehead atoms. The summed E-state index contributed by atoms with van der Waals surface area (Å²) in [6, 6.07) is 17.5. The largest absolute Gasteiger partial charge is 0.479 e. The van der Waals surface area contributed by atoms with Gasteiger partial charge in [0.05, 0.1) is 22.0 Å². The van der Waals surface area contributed by atoms with Crippen molar-refractivity contribution in [2.24, 2.45) is 5.10 Å². The van der Waals surface area contributed by atoms with Gasteiger partial charge in [-0.1, -0.05) is 28.1 Å². The van der Waals surface area contributed by atoms with Crippen molar-refractivity contribution in [3.63, 3.8) is 0 Å². The Kier molecular flexibility index (Phi) is 6.47. The van der Waals surface area contributed by atoms with Gasteiger partial charge in [0.15, 0.2) is 11.9 Å². The second kappa shape index (κ2) is 9.90. The lowest BCUT2D eigenvalue weighted by Gasteiger charge is -2.12. The lowest BCUT2D eigenvalue weighted by atomic mass is 10.2. The summed E-state index contributed by atoms with van der Waals surface area (Å²) in [6.07, 6.45) is -0.0589. The van der Waals surface area contributed by atoms with Crippen LogP contribution in [0.25, 0.3) is 33.5 Å². The van der Waals surface area contributed by atoms with Gasteiger partial charge in [0.2, 0.25) is 5.82 Å². The van der Waals surface area contributed by atoms with Gasteiger partial charge >= 0.3 is 5.97 Å². The van der Waals surface area contributed by atoms with Gasteiger partial charge in [-0.25, -0.2) is 9.78 Å². The number of carbonyl (C=O) groups is 1. The molecule has 0 amide bonds. The fraction of sp³-hybridized carbons (Fsp3) is 0.0769. The number of carboxylic acid groups (broad SMARTS) is 1. The Bertz CT molecular complexity index is 1830. The van der Waals surface area contributed by atoms with Crippen LogP contribution in [0.5, 0.6) is 5.75 Å². The van der Waals surface area contributed by atoms with Crippen LogP contribution in [0.15, 0.2) is 85.5 Å². The molecule has 0 saturated carbocycles. The number of hydrogen-bond donors (Lipinski definition) is 1. The lowest BCUT2D eigenvalue weighted by molar-refractivity contribution is -0.384.